The Morgan fingerprint density at radius 2 is 1.64 bits per heavy atom. The van der Waals surface area contributed by atoms with Crippen LogP contribution in [0.1, 0.15) is 28.4 Å². The van der Waals surface area contributed by atoms with Crippen molar-refractivity contribution in [2.24, 2.45) is 0 Å². The highest BCUT2D eigenvalue weighted by atomic mass is 19.4. The molecule has 2 aromatic carbocycles. The van der Waals surface area contributed by atoms with Crippen LogP contribution in [0, 0.1) is 5.82 Å². The van der Waals surface area contributed by atoms with Gasteiger partial charge in [-0.25, -0.2) is 13.2 Å². The Labute approximate surface area is 263 Å². The van der Waals surface area contributed by atoms with E-state index in [1.807, 2.05) is 0 Å². The van der Waals surface area contributed by atoms with Crippen LogP contribution in [-0.4, -0.2) is 24.0 Å². The summed E-state index contributed by atoms with van der Waals surface area (Å²) in [4.78, 5) is 13.4. The molecular weight excluding hydrogens is 648 g/mol. The van der Waals surface area contributed by atoms with Crippen molar-refractivity contribution in [3.8, 4) is 0 Å². The molecule has 0 saturated heterocycles. The van der Waals surface area contributed by atoms with Crippen LogP contribution >= 0.6 is 0 Å². The first-order valence-corrected chi connectivity index (χ1v) is 13.1. The van der Waals surface area contributed by atoms with Gasteiger partial charge in [0.2, 0.25) is 0 Å². The number of rotatable bonds is 15. The summed E-state index contributed by atoms with van der Waals surface area (Å²) >= 11 is 0. The third-order valence-corrected chi connectivity index (χ3v) is 5.98. The highest BCUT2D eigenvalue weighted by molar-refractivity contribution is 5.95. The van der Waals surface area contributed by atoms with Crippen LogP contribution in [0.4, 0.5) is 43.9 Å². The first-order valence-electron chi connectivity index (χ1n) is 13.1. The number of carbonyl (C=O) groups is 1. The maximum Gasteiger partial charge on any atom is 0.460 e. The summed E-state index contributed by atoms with van der Waals surface area (Å²) in [6, 6.07) is 9.25. The van der Waals surface area contributed by atoms with Crippen LogP contribution in [0.2, 0.25) is 0 Å². The molecule has 0 aliphatic heterocycles. The van der Waals surface area contributed by atoms with Crippen molar-refractivity contribution in [1.82, 2.24) is 5.32 Å². The maximum atomic E-state index is 14.9. The summed E-state index contributed by atoms with van der Waals surface area (Å²) in [7, 11) is 0. The SMILES string of the molecule is C=C(C)OC(=C)C(F)=CC=C[C@@](Cc1ccccc1)(NC(=O)c1ccc(F)c(C(F)(F)F)c1)C(=C)C=C(F)C=COC(F)(F)C(F)F. The predicted octanol–water partition coefficient (Wildman–Crippen LogP) is 9.83. The van der Waals surface area contributed by atoms with E-state index in [1.54, 1.807) is 30.3 Å². The molecule has 0 unspecified atom stereocenters. The third-order valence-electron chi connectivity index (χ3n) is 5.98. The highest BCUT2D eigenvalue weighted by Crippen LogP contribution is 2.33. The lowest BCUT2D eigenvalue weighted by atomic mass is 9.82. The summed E-state index contributed by atoms with van der Waals surface area (Å²) < 4.78 is 143. The zero-order chi connectivity index (χ0) is 35.6. The smallest absolute Gasteiger partial charge is 0.460 e. The van der Waals surface area contributed by atoms with Gasteiger partial charge in [0.25, 0.3) is 5.91 Å². The zero-order valence-electron chi connectivity index (χ0n) is 24.5. The predicted molar refractivity (Wildman–Crippen MR) is 155 cm³/mol. The van der Waals surface area contributed by atoms with Crippen molar-refractivity contribution >= 4 is 5.91 Å². The van der Waals surface area contributed by atoms with Crippen molar-refractivity contribution in [3.63, 3.8) is 0 Å². The van der Waals surface area contributed by atoms with Gasteiger partial charge in [-0.1, -0.05) is 62.2 Å². The second-order valence-electron chi connectivity index (χ2n) is 9.72. The molecule has 14 heteroatoms. The molecule has 2 rings (SSSR count). The molecule has 252 valence electrons. The van der Waals surface area contributed by atoms with Gasteiger partial charge in [0, 0.05) is 18.1 Å². The molecule has 1 atom stereocenters. The molecule has 0 aliphatic rings. The van der Waals surface area contributed by atoms with Crippen molar-refractivity contribution in [3.05, 3.63) is 156 Å². The van der Waals surface area contributed by atoms with Crippen LogP contribution < -0.4 is 5.32 Å². The minimum absolute atomic E-state index is 0.0545. The summed E-state index contributed by atoms with van der Waals surface area (Å²) in [5.41, 5.74) is -4.47. The van der Waals surface area contributed by atoms with E-state index < -0.39 is 70.1 Å². The largest absolute Gasteiger partial charge is 0.460 e. The molecule has 0 aliphatic carbocycles. The van der Waals surface area contributed by atoms with Gasteiger partial charge in [0.05, 0.1) is 23.1 Å². The normalized spacial score (nSPS) is 14.3. The third kappa shape index (κ3) is 11.4. The molecule has 0 heterocycles. The van der Waals surface area contributed by atoms with Crippen LogP contribution in [0.15, 0.2) is 134 Å². The van der Waals surface area contributed by atoms with Gasteiger partial charge in [-0.05, 0) is 48.4 Å². The average Bonchev–Trinajstić information content (AvgIpc) is 2.96. The number of nitrogens with one attached hydrogen (secondary N) is 1. The Morgan fingerprint density at radius 3 is 2.21 bits per heavy atom. The maximum absolute atomic E-state index is 14.9. The zero-order valence-corrected chi connectivity index (χ0v) is 24.5. The van der Waals surface area contributed by atoms with Crippen LogP contribution in [0.25, 0.3) is 0 Å². The van der Waals surface area contributed by atoms with Gasteiger partial charge in [-0.15, -0.1) is 0 Å². The highest BCUT2D eigenvalue weighted by Gasteiger charge is 2.43. The Balaban J connectivity index is 2.70. The van der Waals surface area contributed by atoms with Gasteiger partial charge in [-0.2, -0.15) is 30.7 Å². The van der Waals surface area contributed by atoms with E-state index in [0.29, 0.717) is 17.7 Å². The number of benzene rings is 2. The Bertz CT molecular complexity index is 1590. The summed E-state index contributed by atoms with van der Waals surface area (Å²) in [6.45, 7) is 11.9. The van der Waals surface area contributed by atoms with E-state index in [2.05, 4.69) is 29.8 Å². The second kappa shape index (κ2) is 16.0. The molecule has 0 radical (unpaired) electrons. The van der Waals surface area contributed by atoms with E-state index in [1.165, 1.54) is 6.92 Å². The van der Waals surface area contributed by atoms with Crippen molar-refractivity contribution < 1.29 is 58.2 Å². The van der Waals surface area contributed by atoms with E-state index >= 15 is 0 Å². The molecule has 1 N–H and O–H groups in total. The lowest BCUT2D eigenvalue weighted by molar-refractivity contribution is -0.274. The molecule has 4 nitrogen and oxygen atoms in total. The number of alkyl halides is 7. The molecule has 1 amide bonds. The quantitative estimate of drug-likeness (QED) is 0.116. The Morgan fingerprint density at radius 1 is 1.00 bits per heavy atom. The van der Waals surface area contributed by atoms with E-state index in [9.17, 15) is 48.7 Å². The van der Waals surface area contributed by atoms with Gasteiger partial charge in [0.15, 0.2) is 11.6 Å². The lowest BCUT2D eigenvalue weighted by Gasteiger charge is -2.33. The number of hydrogen-bond acceptors (Lipinski definition) is 3. The van der Waals surface area contributed by atoms with E-state index in [0.717, 1.165) is 24.3 Å². The van der Waals surface area contributed by atoms with Gasteiger partial charge >= 0.3 is 18.7 Å². The molecule has 0 spiro atoms. The Hall–Kier alpha value is -5.01. The molecule has 0 saturated carbocycles. The van der Waals surface area contributed by atoms with E-state index in [4.69, 9.17) is 4.74 Å². The van der Waals surface area contributed by atoms with Gasteiger partial charge in [-0.3, -0.25) is 4.79 Å². The fourth-order valence-electron chi connectivity index (χ4n) is 3.76. The summed E-state index contributed by atoms with van der Waals surface area (Å²) in [5.74, 6) is -5.75. The monoisotopic (exact) mass is 675 g/mol. The first kappa shape index (κ1) is 38.2. The molecule has 0 aromatic heterocycles. The minimum atomic E-state index is -5.18. The fourth-order valence-corrected chi connectivity index (χ4v) is 3.76. The van der Waals surface area contributed by atoms with Crippen molar-refractivity contribution in [2.75, 3.05) is 0 Å². The lowest BCUT2D eigenvalue weighted by Crippen LogP contribution is -2.50. The standard InChI is InChI=1S/C33H27F10NO3/c1-20(2)47-22(4)27(35)11-8-15-31(19-23-9-6-5-7-10-23,21(3)17-25(34)14-16-46-33(42,43)30(37)38)44-29(45)24-12-13-28(36)26(18-24)32(39,40)41/h5-18,30H,1,3-4,19H2,2H3,(H,44,45)/t31-/m0/s1. The number of carbonyl (C=O) groups excluding carboxylic acids is 1. The minimum Gasteiger partial charge on any atom is -0.460 e. The molecule has 0 bridgehead atoms. The van der Waals surface area contributed by atoms with E-state index in [-0.39, 0.29) is 30.6 Å². The number of allylic oxidation sites excluding steroid dienone is 6. The molecule has 0 fully saturated rings. The first-order chi connectivity index (χ1) is 21.8. The van der Waals surface area contributed by atoms with Gasteiger partial charge < -0.3 is 14.8 Å². The summed E-state index contributed by atoms with van der Waals surface area (Å²) in [6.07, 6.45) is -11.0. The van der Waals surface area contributed by atoms with Crippen molar-refractivity contribution in [1.29, 1.82) is 0 Å². The van der Waals surface area contributed by atoms with Crippen molar-refractivity contribution in [2.45, 2.75) is 37.6 Å². The van der Waals surface area contributed by atoms with Gasteiger partial charge in [0.1, 0.15) is 11.6 Å². The van der Waals surface area contributed by atoms with Crippen LogP contribution in [0.5, 0.6) is 0 Å². The fraction of sp³-hybridized carbons (Fsp3) is 0.182. The van der Waals surface area contributed by atoms with Crippen LogP contribution in [-0.2, 0) is 22.1 Å². The number of ether oxygens (including phenoxy) is 2. The number of hydrogen-bond donors (Lipinski definition) is 1. The second-order valence-corrected chi connectivity index (χ2v) is 9.72. The average molecular weight is 676 g/mol. The molecule has 2 aromatic rings. The number of amides is 1. The number of halogens is 10. The van der Waals surface area contributed by atoms with Crippen LogP contribution in [0.3, 0.4) is 0 Å². The topological polar surface area (TPSA) is 47.6 Å². The molecular formula is C33H27F10NO3. The Kier molecular flexibility index (Phi) is 13.0. The molecule has 47 heavy (non-hydrogen) atoms. The summed E-state index contributed by atoms with van der Waals surface area (Å²) in [5, 5.41) is 2.41.